The van der Waals surface area contributed by atoms with Crippen LogP contribution in [0.4, 0.5) is 11.4 Å². The van der Waals surface area contributed by atoms with Crippen LogP contribution in [0.2, 0.25) is 0 Å². The minimum Gasteiger partial charge on any atom is -0.376 e. The molecule has 0 radical (unpaired) electrons. The number of likely N-dealkylation sites (N-methyl/N-ethyl adjacent to an activating group) is 1. The zero-order valence-corrected chi connectivity index (χ0v) is 11.8. The third-order valence-electron chi connectivity index (χ3n) is 3.34. The molecule has 1 aliphatic heterocycles. The number of anilines is 2. The molecule has 0 bridgehead atoms. The summed E-state index contributed by atoms with van der Waals surface area (Å²) in [6.45, 7) is 6.47. The first-order valence-corrected chi connectivity index (χ1v) is 6.57. The number of piperazine rings is 1. The van der Waals surface area contributed by atoms with E-state index in [0.29, 0.717) is 5.11 Å². The highest BCUT2D eigenvalue weighted by molar-refractivity contribution is 7.80. The number of aryl methyl sites for hydroxylation is 1. The van der Waals surface area contributed by atoms with Crippen LogP contribution in [0.3, 0.4) is 0 Å². The van der Waals surface area contributed by atoms with Gasteiger partial charge in [0.15, 0.2) is 5.11 Å². The summed E-state index contributed by atoms with van der Waals surface area (Å²) >= 11 is 4.86. The fourth-order valence-electron chi connectivity index (χ4n) is 2.18. The second kappa shape index (κ2) is 5.54. The average Bonchev–Trinajstić information content (AvgIpc) is 2.32. The van der Waals surface area contributed by atoms with Crippen molar-refractivity contribution in [1.29, 1.82) is 0 Å². The van der Waals surface area contributed by atoms with Crippen molar-refractivity contribution < 1.29 is 0 Å². The highest BCUT2D eigenvalue weighted by Crippen LogP contribution is 2.23. The van der Waals surface area contributed by atoms with Crippen LogP contribution in [0.1, 0.15) is 5.56 Å². The topological polar surface area (TPSA) is 44.5 Å². The fourth-order valence-corrected chi connectivity index (χ4v) is 2.29. The third-order valence-corrected chi connectivity index (χ3v) is 3.44. The van der Waals surface area contributed by atoms with Gasteiger partial charge in [-0.25, -0.2) is 0 Å². The van der Waals surface area contributed by atoms with Gasteiger partial charge in [0, 0.05) is 37.6 Å². The normalized spacial score (nSPS) is 16.7. The molecular formula is C13H20N4S. The Morgan fingerprint density at radius 1 is 1.28 bits per heavy atom. The smallest absolute Gasteiger partial charge is 0.168 e. The lowest BCUT2D eigenvalue weighted by Crippen LogP contribution is -2.44. The Balaban J connectivity index is 2.11. The molecule has 1 aliphatic rings. The molecule has 0 atom stereocenters. The van der Waals surface area contributed by atoms with Crippen molar-refractivity contribution in [3.8, 4) is 0 Å². The Morgan fingerprint density at radius 2 is 1.94 bits per heavy atom. The monoisotopic (exact) mass is 264 g/mol. The number of thiocarbonyl (C=S) groups is 1. The van der Waals surface area contributed by atoms with Crippen molar-refractivity contribution in [2.24, 2.45) is 5.73 Å². The summed E-state index contributed by atoms with van der Waals surface area (Å²) in [5, 5.41) is 3.30. The van der Waals surface area contributed by atoms with E-state index in [9.17, 15) is 0 Å². The molecule has 1 saturated heterocycles. The molecular weight excluding hydrogens is 244 g/mol. The minimum atomic E-state index is 0.311. The minimum absolute atomic E-state index is 0.311. The Kier molecular flexibility index (Phi) is 4.04. The van der Waals surface area contributed by atoms with Crippen molar-refractivity contribution >= 4 is 28.7 Å². The fraction of sp³-hybridized carbons (Fsp3) is 0.462. The summed E-state index contributed by atoms with van der Waals surface area (Å²) in [6.07, 6.45) is 0. The molecule has 3 N–H and O–H groups in total. The Bertz CT molecular complexity index is 439. The lowest BCUT2D eigenvalue weighted by Gasteiger charge is -2.34. The van der Waals surface area contributed by atoms with Crippen LogP contribution in [0.25, 0.3) is 0 Å². The first kappa shape index (κ1) is 13.1. The van der Waals surface area contributed by atoms with E-state index in [-0.39, 0.29) is 0 Å². The summed E-state index contributed by atoms with van der Waals surface area (Å²) in [5.74, 6) is 0. The molecule has 1 heterocycles. The maximum absolute atomic E-state index is 5.49. The van der Waals surface area contributed by atoms with Gasteiger partial charge in [-0.05, 0) is 50.0 Å². The largest absolute Gasteiger partial charge is 0.376 e. The van der Waals surface area contributed by atoms with Gasteiger partial charge in [-0.3, -0.25) is 0 Å². The zero-order chi connectivity index (χ0) is 13.1. The van der Waals surface area contributed by atoms with Gasteiger partial charge < -0.3 is 20.9 Å². The zero-order valence-electron chi connectivity index (χ0n) is 10.9. The van der Waals surface area contributed by atoms with Gasteiger partial charge in [-0.1, -0.05) is 0 Å². The van der Waals surface area contributed by atoms with E-state index < -0.39 is 0 Å². The molecule has 2 rings (SSSR count). The Morgan fingerprint density at radius 3 is 2.50 bits per heavy atom. The van der Waals surface area contributed by atoms with Crippen LogP contribution < -0.4 is 16.0 Å². The maximum atomic E-state index is 5.49. The van der Waals surface area contributed by atoms with Crippen LogP contribution in [0, 0.1) is 6.92 Å². The van der Waals surface area contributed by atoms with E-state index in [2.05, 4.69) is 41.2 Å². The third kappa shape index (κ3) is 3.11. The highest BCUT2D eigenvalue weighted by atomic mass is 32.1. The number of hydrogen-bond acceptors (Lipinski definition) is 3. The summed E-state index contributed by atoms with van der Waals surface area (Å²) in [4.78, 5) is 4.77. The van der Waals surface area contributed by atoms with Crippen molar-refractivity contribution in [2.45, 2.75) is 6.92 Å². The molecule has 0 amide bonds. The average molecular weight is 264 g/mol. The van der Waals surface area contributed by atoms with Gasteiger partial charge in [-0.15, -0.1) is 0 Å². The van der Waals surface area contributed by atoms with E-state index in [1.165, 1.54) is 11.3 Å². The Labute approximate surface area is 114 Å². The first-order valence-electron chi connectivity index (χ1n) is 6.17. The van der Waals surface area contributed by atoms with Gasteiger partial charge in [0.25, 0.3) is 0 Å². The molecule has 5 heteroatoms. The van der Waals surface area contributed by atoms with E-state index in [1.54, 1.807) is 0 Å². The molecule has 0 aromatic heterocycles. The van der Waals surface area contributed by atoms with E-state index in [0.717, 1.165) is 31.9 Å². The van der Waals surface area contributed by atoms with Crippen molar-refractivity contribution in [1.82, 2.24) is 4.90 Å². The molecule has 0 unspecified atom stereocenters. The summed E-state index contributed by atoms with van der Waals surface area (Å²) in [5.41, 5.74) is 8.92. The molecule has 0 saturated carbocycles. The molecule has 0 spiro atoms. The number of hydrogen-bond donors (Lipinski definition) is 2. The maximum Gasteiger partial charge on any atom is 0.168 e. The Hall–Kier alpha value is -1.33. The highest BCUT2D eigenvalue weighted by Gasteiger charge is 2.14. The quantitative estimate of drug-likeness (QED) is 0.791. The number of rotatable bonds is 2. The summed E-state index contributed by atoms with van der Waals surface area (Å²) in [6, 6.07) is 6.35. The standard InChI is InChI=1S/C13H20N4S/c1-10-9-11(3-4-12(10)15-13(14)18)17-7-5-16(2)6-8-17/h3-4,9H,5-8H2,1-2H3,(H3,14,15,18). The van der Waals surface area contributed by atoms with E-state index in [4.69, 9.17) is 18.0 Å². The molecule has 4 nitrogen and oxygen atoms in total. The number of benzene rings is 1. The summed E-state index contributed by atoms with van der Waals surface area (Å²) in [7, 11) is 2.16. The lowest BCUT2D eigenvalue weighted by atomic mass is 10.1. The SMILES string of the molecule is Cc1cc(N2CCN(C)CC2)ccc1NC(N)=S. The van der Waals surface area contributed by atoms with Gasteiger partial charge in [0.2, 0.25) is 0 Å². The molecule has 18 heavy (non-hydrogen) atoms. The second-order valence-corrected chi connectivity index (χ2v) is 5.22. The van der Waals surface area contributed by atoms with E-state index in [1.807, 2.05) is 6.07 Å². The van der Waals surface area contributed by atoms with Gasteiger partial charge in [-0.2, -0.15) is 0 Å². The predicted octanol–water partition coefficient (Wildman–Crippen LogP) is 1.40. The summed E-state index contributed by atoms with van der Waals surface area (Å²) < 4.78 is 0. The number of nitrogens with two attached hydrogens (primary N) is 1. The molecule has 1 fully saturated rings. The van der Waals surface area contributed by atoms with Crippen LogP contribution >= 0.6 is 12.2 Å². The lowest BCUT2D eigenvalue weighted by molar-refractivity contribution is 0.313. The number of nitrogens with one attached hydrogen (secondary N) is 1. The molecule has 98 valence electrons. The van der Waals surface area contributed by atoms with Crippen molar-refractivity contribution in [2.75, 3.05) is 43.4 Å². The van der Waals surface area contributed by atoms with Gasteiger partial charge in [0.05, 0.1) is 0 Å². The molecule has 0 aliphatic carbocycles. The van der Waals surface area contributed by atoms with Crippen molar-refractivity contribution in [3.05, 3.63) is 23.8 Å². The molecule has 1 aromatic carbocycles. The van der Waals surface area contributed by atoms with Crippen LogP contribution in [0.15, 0.2) is 18.2 Å². The van der Waals surface area contributed by atoms with Gasteiger partial charge >= 0.3 is 0 Å². The van der Waals surface area contributed by atoms with Crippen LogP contribution in [-0.4, -0.2) is 43.2 Å². The number of nitrogens with zero attached hydrogens (tertiary/aromatic N) is 2. The molecule has 1 aromatic rings. The van der Waals surface area contributed by atoms with E-state index >= 15 is 0 Å². The predicted molar refractivity (Wildman–Crippen MR) is 81.3 cm³/mol. The van der Waals surface area contributed by atoms with Crippen molar-refractivity contribution in [3.63, 3.8) is 0 Å². The van der Waals surface area contributed by atoms with Gasteiger partial charge in [0.1, 0.15) is 0 Å². The first-order chi connectivity index (χ1) is 8.56. The van der Waals surface area contributed by atoms with Crippen LogP contribution in [-0.2, 0) is 0 Å². The van der Waals surface area contributed by atoms with Crippen LogP contribution in [0.5, 0.6) is 0 Å². The second-order valence-electron chi connectivity index (χ2n) is 4.78.